The molecule has 3 aromatic rings. The van der Waals surface area contributed by atoms with Gasteiger partial charge in [0.05, 0.1) is 11.1 Å². The fourth-order valence-electron chi connectivity index (χ4n) is 4.20. The van der Waals surface area contributed by atoms with Crippen molar-refractivity contribution in [1.29, 1.82) is 5.26 Å². The van der Waals surface area contributed by atoms with Crippen LogP contribution in [0.3, 0.4) is 0 Å². The summed E-state index contributed by atoms with van der Waals surface area (Å²) in [6.45, 7) is 3.66. The summed E-state index contributed by atoms with van der Waals surface area (Å²) in [6, 6.07) is 10.1. The Bertz CT molecular complexity index is 1040. The molecule has 27 heavy (non-hydrogen) atoms. The number of hydrogen-bond acceptors (Lipinski definition) is 3. The summed E-state index contributed by atoms with van der Waals surface area (Å²) in [7, 11) is 2.00. The summed E-state index contributed by atoms with van der Waals surface area (Å²) >= 11 is 0. The van der Waals surface area contributed by atoms with E-state index in [-0.39, 0.29) is 18.4 Å². The quantitative estimate of drug-likeness (QED) is 0.720. The third-order valence-electron chi connectivity index (χ3n) is 5.63. The van der Waals surface area contributed by atoms with Crippen molar-refractivity contribution in [1.82, 2.24) is 19.0 Å². The lowest BCUT2D eigenvalue weighted by atomic mass is 9.97. The van der Waals surface area contributed by atoms with Crippen LogP contribution in [0.15, 0.2) is 36.7 Å². The number of nitriles is 1. The van der Waals surface area contributed by atoms with Crippen LogP contribution in [0, 0.1) is 18.3 Å². The van der Waals surface area contributed by atoms with E-state index in [1.165, 1.54) is 0 Å². The molecule has 4 rings (SSSR count). The Hall–Kier alpha value is -3.07. The van der Waals surface area contributed by atoms with Gasteiger partial charge in [-0.15, -0.1) is 0 Å². The smallest absolute Gasteiger partial charge is 0.242 e. The fourth-order valence-corrected chi connectivity index (χ4v) is 4.20. The molecule has 0 aliphatic carbocycles. The molecule has 3 heterocycles. The van der Waals surface area contributed by atoms with Crippen LogP contribution in [0.5, 0.6) is 0 Å². The fraction of sp³-hybridized carbons (Fsp3) is 0.381. The van der Waals surface area contributed by atoms with Gasteiger partial charge in [0, 0.05) is 49.5 Å². The van der Waals surface area contributed by atoms with Crippen LogP contribution in [-0.4, -0.2) is 38.0 Å². The Morgan fingerprint density at radius 1 is 1.37 bits per heavy atom. The second kappa shape index (κ2) is 6.92. The molecule has 0 saturated carbocycles. The molecule has 1 aromatic carbocycles. The van der Waals surface area contributed by atoms with Gasteiger partial charge in [0.1, 0.15) is 18.4 Å². The molecule has 2 aromatic heterocycles. The van der Waals surface area contributed by atoms with E-state index in [9.17, 15) is 10.1 Å². The second-order valence-electron chi connectivity index (χ2n) is 7.25. The molecule has 0 spiro atoms. The van der Waals surface area contributed by atoms with Crippen LogP contribution in [0.1, 0.15) is 35.8 Å². The molecule has 1 fully saturated rings. The van der Waals surface area contributed by atoms with Crippen molar-refractivity contribution in [2.75, 3.05) is 13.1 Å². The van der Waals surface area contributed by atoms with Crippen molar-refractivity contribution in [3.8, 4) is 6.07 Å². The third-order valence-corrected chi connectivity index (χ3v) is 5.63. The Morgan fingerprint density at radius 3 is 2.93 bits per heavy atom. The zero-order valence-electron chi connectivity index (χ0n) is 15.7. The number of para-hydroxylation sites is 1. The standard InChI is InChI=1S/C21H23N5O/c1-15-18(12-22)17-7-3-4-8-19(17)26(15)14-20(27)25-10-5-6-16(13-25)21-23-9-11-24(21)2/h3-4,7-9,11,16H,5-6,10,13-14H2,1-2H3/t16-/m0/s1. The lowest BCUT2D eigenvalue weighted by Gasteiger charge is -2.32. The van der Waals surface area contributed by atoms with Crippen molar-refractivity contribution in [3.63, 3.8) is 0 Å². The molecular formula is C21H23N5O. The van der Waals surface area contributed by atoms with E-state index in [0.29, 0.717) is 12.1 Å². The number of fused-ring (bicyclic) bond motifs is 1. The molecule has 0 radical (unpaired) electrons. The minimum Gasteiger partial charge on any atom is -0.340 e. The van der Waals surface area contributed by atoms with E-state index in [1.54, 1.807) is 0 Å². The number of benzene rings is 1. The zero-order valence-corrected chi connectivity index (χ0v) is 15.7. The lowest BCUT2D eigenvalue weighted by Crippen LogP contribution is -2.41. The highest BCUT2D eigenvalue weighted by molar-refractivity contribution is 5.89. The summed E-state index contributed by atoms with van der Waals surface area (Å²) in [5, 5.41) is 10.4. The first-order valence-electron chi connectivity index (χ1n) is 9.33. The van der Waals surface area contributed by atoms with E-state index >= 15 is 0 Å². The second-order valence-corrected chi connectivity index (χ2v) is 7.25. The number of piperidine rings is 1. The molecule has 0 N–H and O–H groups in total. The maximum Gasteiger partial charge on any atom is 0.242 e. The van der Waals surface area contributed by atoms with Crippen molar-refractivity contribution in [2.24, 2.45) is 7.05 Å². The Balaban J connectivity index is 1.58. The first-order valence-corrected chi connectivity index (χ1v) is 9.33. The van der Waals surface area contributed by atoms with Crippen LogP contribution in [0.25, 0.3) is 10.9 Å². The van der Waals surface area contributed by atoms with Gasteiger partial charge in [0.25, 0.3) is 0 Å². The first-order chi connectivity index (χ1) is 13.1. The van der Waals surface area contributed by atoms with E-state index < -0.39 is 0 Å². The van der Waals surface area contributed by atoms with Gasteiger partial charge in [-0.05, 0) is 25.8 Å². The number of carbonyl (C=O) groups is 1. The summed E-state index contributed by atoms with van der Waals surface area (Å²) in [5.74, 6) is 1.42. The average molecular weight is 361 g/mol. The lowest BCUT2D eigenvalue weighted by molar-refractivity contribution is -0.133. The van der Waals surface area contributed by atoms with Gasteiger partial charge in [-0.3, -0.25) is 4.79 Å². The number of hydrogen-bond donors (Lipinski definition) is 0. The SMILES string of the molecule is Cc1c(C#N)c2ccccc2n1CC(=O)N1CCC[C@H](c2nccn2C)C1. The van der Waals surface area contributed by atoms with Gasteiger partial charge in [-0.2, -0.15) is 5.26 Å². The maximum absolute atomic E-state index is 13.1. The number of aryl methyl sites for hydroxylation is 1. The number of carbonyl (C=O) groups excluding carboxylic acids is 1. The van der Waals surface area contributed by atoms with Crippen LogP contribution < -0.4 is 0 Å². The van der Waals surface area contributed by atoms with Crippen LogP contribution in [0.2, 0.25) is 0 Å². The van der Waals surface area contributed by atoms with E-state index in [2.05, 4.69) is 11.1 Å². The Morgan fingerprint density at radius 2 is 2.19 bits per heavy atom. The van der Waals surface area contributed by atoms with Crippen molar-refractivity contribution >= 4 is 16.8 Å². The van der Waals surface area contributed by atoms with Gasteiger partial charge in [-0.1, -0.05) is 18.2 Å². The monoisotopic (exact) mass is 361 g/mol. The number of aromatic nitrogens is 3. The number of likely N-dealkylation sites (tertiary alicyclic amines) is 1. The molecule has 138 valence electrons. The zero-order chi connectivity index (χ0) is 19.0. The summed E-state index contributed by atoms with van der Waals surface area (Å²) in [4.78, 5) is 19.5. The minimum absolute atomic E-state index is 0.0993. The summed E-state index contributed by atoms with van der Waals surface area (Å²) < 4.78 is 4.02. The highest BCUT2D eigenvalue weighted by atomic mass is 16.2. The van der Waals surface area contributed by atoms with Crippen molar-refractivity contribution < 1.29 is 4.79 Å². The van der Waals surface area contributed by atoms with Gasteiger partial charge < -0.3 is 14.0 Å². The van der Waals surface area contributed by atoms with Gasteiger partial charge >= 0.3 is 0 Å². The summed E-state index contributed by atoms with van der Waals surface area (Å²) in [6.07, 6.45) is 5.81. The van der Waals surface area contributed by atoms with Crippen LogP contribution in [-0.2, 0) is 18.4 Å². The van der Waals surface area contributed by atoms with Crippen molar-refractivity contribution in [3.05, 3.63) is 53.7 Å². The normalized spacial score (nSPS) is 17.2. The molecular weight excluding hydrogens is 338 g/mol. The molecule has 1 aliphatic heterocycles. The molecule has 1 atom stereocenters. The van der Waals surface area contributed by atoms with Crippen LogP contribution >= 0.6 is 0 Å². The van der Waals surface area contributed by atoms with Crippen molar-refractivity contribution in [2.45, 2.75) is 32.2 Å². The molecule has 1 saturated heterocycles. The van der Waals surface area contributed by atoms with Gasteiger partial charge in [-0.25, -0.2) is 4.98 Å². The average Bonchev–Trinajstić information content (AvgIpc) is 3.23. The third kappa shape index (κ3) is 2.99. The Labute approximate surface area is 158 Å². The predicted molar refractivity (Wildman–Crippen MR) is 103 cm³/mol. The molecule has 6 heteroatoms. The van der Waals surface area contributed by atoms with E-state index in [0.717, 1.165) is 41.8 Å². The number of amides is 1. The molecule has 0 bridgehead atoms. The highest BCUT2D eigenvalue weighted by Gasteiger charge is 2.27. The number of imidazole rings is 1. The molecule has 6 nitrogen and oxygen atoms in total. The summed E-state index contributed by atoms with van der Waals surface area (Å²) in [5.41, 5.74) is 2.45. The molecule has 1 aliphatic rings. The molecule has 0 unspecified atom stereocenters. The van der Waals surface area contributed by atoms with Gasteiger partial charge in [0.2, 0.25) is 5.91 Å². The first kappa shape index (κ1) is 17.3. The predicted octanol–water partition coefficient (Wildman–Crippen LogP) is 2.96. The van der Waals surface area contributed by atoms with E-state index in [4.69, 9.17) is 0 Å². The van der Waals surface area contributed by atoms with Crippen LogP contribution in [0.4, 0.5) is 0 Å². The number of rotatable bonds is 3. The maximum atomic E-state index is 13.1. The largest absolute Gasteiger partial charge is 0.340 e. The van der Waals surface area contributed by atoms with Gasteiger partial charge in [0.15, 0.2) is 0 Å². The Kier molecular flexibility index (Phi) is 4.44. The highest BCUT2D eigenvalue weighted by Crippen LogP contribution is 2.28. The topological polar surface area (TPSA) is 66.8 Å². The molecule has 1 amide bonds. The number of nitrogens with zero attached hydrogens (tertiary/aromatic N) is 5. The van der Waals surface area contributed by atoms with E-state index in [1.807, 2.05) is 64.7 Å². The minimum atomic E-state index is 0.0993.